The van der Waals surface area contributed by atoms with Crippen LogP contribution < -0.4 is 5.32 Å². The Bertz CT molecular complexity index is 978. The van der Waals surface area contributed by atoms with E-state index >= 15 is 0 Å². The summed E-state index contributed by atoms with van der Waals surface area (Å²) in [5.41, 5.74) is 2.13. The molecule has 0 amide bonds. The first kappa shape index (κ1) is 24.2. The number of benzene rings is 1. The molecule has 1 fully saturated rings. The summed E-state index contributed by atoms with van der Waals surface area (Å²) in [7, 11) is 0. The molecule has 8 heteroatoms. The summed E-state index contributed by atoms with van der Waals surface area (Å²) in [6, 6.07) is 16.5. The lowest BCUT2D eigenvalue weighted by atomic mass is 9.82. The van der Waals surface area contributed by atoms with Gasteiger partial charge in [-0.25, -0.2) is 0 Å². The van der Waals surface area contributed by atoms with Crippen molar-refractivity contribution in [2.24, 2.45) is 10.9 Å². The molecule has 2 atom stereocenters. The van der Waals surface area contributed by atoms with Gasteiger partial charge in [0, 0.05) is 38.8 Å². The fraction of sp³-hybridized carbons (Fsp3) is 0.417. The van der Waals surface area contributed by atoms with Gasteiger partial charge >= 0.3 is 0 Å². The molecular formula is C24H31IN6O. The topological polar surface area (TPSA) is 79.4 Å². The van der Waals surface area contributed by atoms with Crippen LogP contribution in [0.1, 0.15) is 37.6 Å². The summed E-state index contributed by atoms with van der Waals surface area (Å²) in [5.74, 6) is 3.23. The van der Waals surface area contributed by atoms with E-state index in [-0.39, 0.29) is 24.0 Å². The summed E-state index contributed by atoms with van der Waals surface area (Å²) < 4.78 is 5.34. The van der Waals surface area contributed by atoms with Gasteiger partial charge in [0.15, 0.2) is 11.8 Å². The average Bonchev–Trinajstić information content (AvgIpc) is 3.29. The van der Waals surface area contributed by atoms with Crippen molar-refractivity contribution in [1.82, 2.24) is 25.3 Å². The van der Waals surface area contributed by atoms with Gasteiger partial charge in [0.2, 0.25) is 0 Å². The number of halogens is 1. The second kappa shape index (κ2) is 11.9. The SMILES string of the molecule is CCNC(=NCCc1noc(-c2ccccn2)n1)N1CCC(c2ccccc2)C(C)C1.I. The molecule has 1 aliphatic heterocycles. The quantitative estimate of drug-likeness (QED) is 0.281. The minimum absolute atomic E-state index is 0. The number of likely N-dealkylation sites (tertiary alicyclic amines) is 1. The van der Waals surface area contributed by atoms with E-state index < -0.39 is 0 Å². The van der Waals surface area contributed by atoms with Crippen LogP contribution in [0.15, 0.2) is 64.2 Å². The maximum absolute atomic E-state index is 5.34. The minimum atomic E-state index is 0. The Kier molecular flexibility index (Phi) is 9.01. The van der Waals surface area contributed by atoms with E-state index in [2.05, 4.69) is 69.5 Å². The van der Waals surface area contributed by atoms with E-state index in [1.807, 2.05) is 18.2 Å². The molecule has 1 aliphatic rings. The molecule has 1 saturated heterocycles. The number of pyridine rings is 1. The van der Waals surface area contributed by atoms with Crippen molar-refractivity contribution in [3.63, 3.8) is 0 Å². The zero-order chi connectivity index (χ0) is 21.5. The molecule has 7 nitrogen and oxygen atoms in total. The number of hydrogen-bond acceptors (Lipinski definition) is 5. The van der Waals surface area contributed by atoms with Crippen LogP contribution >= 0.6 is 24.0 Å². The van der Waals surface area contributed by atoms with Gasteiger partial charge < -0.3 is 14.7 Å². The number of hydrogen-bond donors (Lipinski definition) is 1. The molecule has 3 aromatic rings. The summed E-state index contributed by atoms with van der Waals surface area (Å²) in [5, 5.41) is 7.52. The van der Waals surface area contributed by atoms with Gasteiger partial charge in [-0.3, -0.25) is 9.98 Å². The average molecular weight is 546 g/mol. The van der Waals surface area contributed by atoms with Crippen molar-refractivity contribution in [3.8, 4) is 11.6 Å². The predicted octanol–water partition coefficient (Wildman–Crippen LogP) is 4.38. The Morgan fingerprint density at radius 3 is 2.72 bits per heavy atom. The Morgan fingerprint density at radius 2 is 2.00 bits per heavy atom. The fourth-order valence-corrected chi connectivity index (χ4v) is 4.17. The Balaban J connectivity index is 0.00000289. The van der Waals surface area contributed by atoms with Crippen molar-refractivity contribution < 1.29 is 4.52 Å². The summed E-state index contributed by atoms with van der Waals surface area (Å²) in [4.78, 5) is 15.9. The number of rotatable bonds is 6. The van der Waals surface area contributed by atoms with Crippen LogP contribution in [0, 0.1) is 5.92 Å². The van der Waals surface area contributed by atoms with Gasteiger partial charge in [0.25, 0.3) is 5.89 Å². The highest BCUT2D eigenvalue weighted by atomic mass is 127. The highest BCUT2D eigenvalue weighted by Gasteiger charge is 2.28. The second-order valence-corrected chi connectivity index (χ2v) is 7.95. The smallest absolute Gasteiger partial charge is 0.276 e. The molecule has 0 spiro atoms. The number of nitrogens with zero attached hydrogens (tertiary/aromatic N) is 5. The van der Waals surface area contributed by atoms with Gasteiger partial charge in [0.1, 0.15) is 5.69 Å². The van der Waals surface area contributed by atoms with Crippen molar-refractivity contribution in [2.45, 2.75) is 32.6 Å². The number of piperidine rings is 1. The molecule has 0 aliphatic carbocycles. The Hall–Kier alpha value is -2.49. The predicted molar refractivity (Wildman–Crippen MR) is 137 cm³/mol. The van der Waals surface area contributed by atoms with Crippen LogP contribution in [0.25, 0.3) is 11.6 Å². The maximum Gasteiger partial charge on any atom is 0.276 e. The fourth-order valence-electron chi connectivity index (χ4n) is 4.17. The molecule has 2 aromatic heterocycles. The van der Waals surface area contributed by atoms with Gasteiger partial charge in [0.05, 0.1) is 0 Å². The highest BCUT2D eigenvalue weighted by molar-refractivity contribution is 14.0. The van der Waals surface area contributed by atoms with Crippen LogP contribution in [0.4, 0.5) is 0 Å². The zero-order valence-corrected chi connectivity index (χ0v) is 21.0. The monoisotopic (exact) mass is 546 g/mol. The summed E-state index contributed by atoms with van der Waals surface area (Å²) >= 11 is 0. The van der Waals surface area contributed by atoms with E-state index in [0.717, 1.165) is 32.0 Å². The first-order valence-electron chi connectivity index (χ1n) is 11.1. The van der Waals surface area contributed by atoms with Crippen molar-refractivity contribution in [1.29, 1.82) is 0 Å². The lowest BCUT2D eigenvalue weighted by molar-refractivity contribution is 0.234. The Morgan fingerprint density at radius 1 is 1.19 bits per heavy atom. The first-order chi connectivity index (χ1) is 15.2. The van der Waals surface area contributed by atoms with Gasteiger partial charge in [-0.15, -0.1) is 24.0 Å². The van der Waals surface area contributed by atoms with Crippen LogP contribution in [-0.2, 0) is 6.42 Å². The summed E-state index contributed by atoms with van der Waals surface area (Å²) in [6.07, 6.45) is 3.48. The Labute approximate surface area is 206 Å². The standard InChI is InChI=1S/C24H30N6O.HI/c1-3-25-24(30-16-13-20(18(2)17-30)19-9-5-4-6-10-19)27-15-12-22-28-23(31-29-22)21-11-7-8-14-26-21;/h4-11,14,18,20H,3,12-13,15-17H2,1-2H3,(H,25,27);1H. The normalized spacial score (nSPS) is 18.8. The number of aliphatic imine (C=N–C) groups is 1. The van der Waals surface area contributed by atoms with Crippen molar-refractivity contribution in [2.75, 3.05) is 26.2 Å². The van der Waals surface area contributed by atoms with Crippen LogP contribution in [-0.4, -0.2) is 52.2 Å². The van der Waals surface area contributed by atoms with Crippen LogP contribution in [0.5, 0.6) is 0 Å². The molecule has 2 unspecified atom stereocenters. The third-order valence-corrected chi connectivity index (χ3v) is 5.72. The molecular weight excluding hydrogens is 515 g/mol. The first-order valence-corrected chi connectivity index (χ1v) is 11.1. The van der Waals surface area contributed by atoms with E-state index in [1.54, 1.807) is 6.20 Å². The maximum atomic E-state index is 5.34. The van der Waals surface area contributed by atoms with Gasteiger partial charge in [-0.1, -0.05) is 48.5 Å². The number of aromatic nitrogens is 3. The molecule has 4 rings (SSSR count). The number of nitrogens with one attached hydrogen (secondary N) is 1. The molecule has 32 heavy (non-hydrogen) atoms. The van der Waals surface area contributed by atoms with Crippen LogP contribution in [0.2, 0.25) is 0 Å². The molecule has 3 heterocycles. The minimum Gasteiger partial charge on any atom is -0.357 e. The second-order valence-electron chi connectivity index (χ2n) is 7.95. The summed E-state index contributed by atoms with van der Waals surface area (Å²) in [6.45, 7) is 7.90. The van der Waals surface area contributed by atoms with Crippen molar-refractivity contribution >= 4 is 29.9 Å². The largest absolute Gasteiger partial charge is 0.357 e. The van der Waals surface area contributed by atoms with E-state index in [1.165, 1.54) is 5.56 Å². The van der Waals surface area contributed by atoms with Gasteiger partial charge in [-0.05, 0) is 42.9 Å². The van der Waals surface area contributed by atoms with Gasteiger partial charge in [-0.2, -0.15) is 4.98 Å². The molecule has 1 aromatic carbocycles. The molecule has 0 bridgehead atoms. The molecule has 170 valence electrons. The third-order valence-electron chi connectivity index (χ3n) is 5.72. The lowest BCUT2D eigenvalue weighted by Gasteiger charge is -2.39. The molecule has 1 N–H and O–H groups in total. The highest BCUT2D eigenvalue weighted by Crippen LogP contribution is 2.32. The molecule has 0 saturated carbocycles. The van der Waals surface area contributed by atoms with Crippen LogP contribution in [0.3, 0.4) is 0 Å². The molecule has 0 radical (unpaired) electrons. The zero-order valence-electron chi connectivity index (χ0n) is 18.6. The number of guanidine groups is 1. The van der Waals surface area contributed by atoms with E-state index in [4.69, 9.17) is 9.52 Å². The lowest BCUT2D eigenvalue weighted by Crippen LogP contribution is -2.48. The van der Waals surface area contributed by atoms with E-state index in [0.29, 0.717) is 42.2 Å². The van der Waals surface area contributed by atoms with E-state index in [9.17, 15) is 0 Å². The third kappa shape index (κ3) is 6.05. The van der Waals surface area contributed by atoms with Crippen molar-refractivity contribution in [3.05, 3.63) is 66.1 Å².